The van der Waals surface area contributed by atoms with Gasteiger partial charge in [-0.05, 0) is 63.9 Å². The minimum absolute atomic E-state index is 0.174. The highest BCUT2D eigenvalue weighted by Gasteiger charge is 2.47. The Balaban J connectivity index is 1.10. The van der Waals surface area contributed by atoms with Gasteiger partial charge in [-0.1, -0.05) is 6.07 Å². The number of amides is 1. The first-order chi connectivity index (χ1) is 18.7. The summed E-state index contributed by atoms with van der Waals surface area (Å²) in [5, 5.41) is 13.9. The molecule has 1 amide bonds. The lowest BCUT2D eigenvalue weighted by molar-refractivity contribution is 0.0214. The normalized spacial score (nSPS) is 26.2. The number of carbonyl (C=O) groups is 1. The summed E-state index contributed by atoms with van der Waals surface area (Å²) < 4.78 is 7.37. The van der Waals surface area contributed by atoms with Crippen molar-refractivity contribution in [3.8, 4) is 6.07 Å². The van der Waals surface area contributed by atoms with Gasteiger partial charge in [0.2, 0.25) is 0 Å². The molecule has 0 N–H and O–H groups in total. The number of nitrogens with zero attached hydrogens (tertiary/aromatic N) is 8. The first-order valence-electron chi connectivity index (χ1n) is 13.8. The maximum Gasteiger partial charge on any atom is 0.410 e. The molecule has 39 heavy (non-hydrogen) atoms. The van der Waals surface area contributed by atoms with Crippen LogP contribution in [-0.4, -0.2) is 80.4 Å². The number of hydrogen-bond acceptors (Lipinski definition) is 8. The number of likely N-dealkylation sites (tertiary alicyclic amines) is 1. The SMILES string of the molecule is C[C@@H]1CN(c2ccc(C#N)n3nccc23)C[C@@H]2c3ccc(N4C[C@@H]5C[C@H]4CN5C(=O)OC(C)(C)C)nc3CN12. The van der Waals surface area contributed by atoms with Crippen LogP contribution >= 0.6 is 0 Å². The number of rotatable bonds is 2. The number of hydrogen-bond donors (Lipinski definition) is 0. The van der Waals surface area contributed by atoms with Gasteiger partial charge < -0.3 is 19.4 Å². The third kappa shape index (κ3) is 3.90. The number of pyridine rings is 2. The Morgan fingerprint density at radius 2 is 1.92 bits per heavy atom. The van der Waals surface area contributed by atoms with Crippen LogP contribution in [0, 0.1) is 11.3 Å². The van der Waals surface area contributed by atoms with Crippen LogP contribution in [0.1, 0.15) is 57.1 Å². The van der Waals surface area contributed by atoms with E-state index in [1.54, 1.807) is 10.7 Å². The van der Waals surface area contributed by atoms with Gasteiger partial charge in [-0.2, -0.15) is 10.4 Å². The summed E-state index contributed by atoms with van der Waals surface area (Å²) in [6.07, 6.45) is 2.52. The van der Waals surface area contributed by atoms with Crippen molar-refractivity contribution in [3.05, 3.63) is 53.5 Å². The minimum atomic E-state index is -0.482. The Labute approximate surface area is 228 Å². The lowest BCUT2D eigenvalue weighted by Gasteiger charge is -2.43. The molecule has 202 valence electrons. The zero-order valence-corrected chi connectivity index (χ0v) is 22.9. The second-order valence-corrected chi connectivity index (χ2v) is 12.3. The van der Waals surface area contributed by atoms with E-state index in [0.29, 0.717) is 18.3 Å². The van der Waals surface area contributed by atoms with Crippen molar-refractivity contribution in [2.45, 2.75) is 70.4 Å². The van der Waals surface area contributed by atoms with Gasteiger partial charge in [-0.3, -0.25) is 4.90 Å². The third-order valence-electron chi connectivity index (χ3n) is 8.68. The summed E-state index contributed by atoms with van der Waals surface area (Å²) >= 11 is 0. The number of aromatic nitrogens is 3. The first-order valence-corrected chi connectivity index (χ1v) is 13.8. The highest BCUT2D eigenvalue weighted by molar-refractivity contribution is 5.74. The maximum atomic E-state index is 12.7. The molecule has 3 aromatic rings. The number of ether oxygens (including phenoxy) is 1. The first kappa shape index (κ1) is 24.2. The molecule has 0 unspecified atom stereocenters. The van der Waals surface area contributed by atoms with Gasteiger partial charge in [-0.15, -0.1) is 0 Å². The van der Waals surface area contributed by atoms with Gasteiger partial charge in [0.1, 0.15) is 23.2 Å². The van der Waals surface area contributed by atoms with Gasteiger partial charge in [0.25, 0.3) is 0 Å². The Morgan fingerprint density at radius 1 is 1.08 bits per heavy atom. The van der Waals surface area contributed by atoms with E-state index in [2.05, 4.69) is 51.0 Å². The van der Waals surface area contributed by atoms with Gasteiger partial charge in [0.05, 0.1) is 41.2 Å². The molecule has 4 aliphatic rings. The lowest BCUT2D eigenvalue weighted by atomic mass is 10.0. The summed E-state index contributed by atoms with van der Waals surface area (Å²) in [7, 11) is 0. The number of anilines is 2. The van der Waals surface area contributed by atoms with Gasteiger partial charge >= 0.3 is 6.09 Å². The number of fused-ring (bicyclic) bond motifs is 6. The average molecular weight is 527 g/mol. The van der Waals surface area contributed by atoms with Gasteiger partial charge in [0.15, 0.2) is 0 Å². The van der Waals surface area contributed by atoms with Crippen LogP contribution in [0.25, 0.3) is 5.52 Å². The summed E-state index contributed by atoms with van der Waals surface area (Å²) in [6, 6.07) is 13.6. The fourth-order valence-corrected chi connectivity index (χ4v) is 6.97. The molecule has 10 heteroatoms. The van der Waals surface area contributed by atoms with E-state index >= 15 is 0 Å². The summed E-state index contributed by atoms with van der Waals surface area (Å²) in [4.78, 5) is 27.1. The number of piperazine rings is 2. The molecule has 0 aromatic carbocycles. The summed E-state index contributed by atoms with van der Waals surface area (Å²) in [5.41, 5.74) is 4.59. The standard InChI is InChI=1S/C29H34N8O2/c1-18-13-33(24-7-5-19(12-30)37-25(24)9-10-31-37)17-26-22-6-8-27(32-23(22)16-34(18)26)35-14-21-11-20(35)15-36(21)28(38)39-29(2,3)4/h5-10,18,20-21,26H,11,13-17H2,1-4H3/t18-,20+,21+,26-/m1/s1. The number of nitriles is 1. The predicted octanol–water partition coefficient (Wildman–Crippen LogP) is 3.56. The summed E-state index contributed by atoms with van der Waals surface area (Å²) in [5.74, 6) is 1.02. The second kappa shape index (κ2) is 8.58. The molecule has 3 fully saturated rings. The quantitative estimate of drug-likeness (QED) is 0.501. The van der Waals surface area contributed by atoms with E-state index in [4.69, 9.17) is 9.72 Å². The zero-order chi connectivity index (χ0) is 27.1. The minimum Gasteiger partial charge on any atom is -0.444 e. The van der Waals surface area contributed by atoms with Crippen LogP contribution in [0.15, 0.2) is 36.5 Å². The molecular formula is C29H34N8O2. The summed E-state index contributed by atoms with van der Waals surface area (Å²) in [6.45, 7) is 12.1. The Kier molecular flexibility index (Phi) is 5.33. The molecule has 0 spiro atoms. The molecule has 4 atom stereocenters. The van der Waals surface area contributed by atoms with E-state index in [0.717, 1.165) is 55.3 Å². The highest BCUT2D eigenvalue weighted by atomic mass is 16.6. The number of carbonyl (C=O) groups excluding carboxylic acids is 1. The molecule has 3 aromatic heterocycles. The van der Waals surface area contributed by atoms with Crippen LogP contribution in [0.2, 0.25) is 0 Å². The van der Waals surface area contributed by atoms with Crippen LogP contribution in [-0.2, 0) is 11.3 Å². The Bertz CT molecular complexity index is 1500. The van der Waals surface area contributed by atoms with Crippen LogP contribution in [0.4, 0.5) is 16.3 Å². The molecular weight excluding hydrogens is 492 g/mol. The highest BCUT2D eigenvalue weighted by Crippen LogP contribution is 2.42. The van der Waals surface area contributed by atoms with E-state index in [9.17, 15) is 10.1 Å². The molecule has 2 bridgehead atoms. The molecule has 4 aliphatic heterocycles. The van der Waals surface area contributed by atoms with Crippen molar-refractivity contribution in [3.63, 3.8) is 0 Å². The van der Waals surface area contributed by atoms with E-state index in [1.807, 2.05) is 37.8 Å². The van der Waals surface area contributed by atoms with E-state index in [1.165, 1.54) is 5.56 Å². The molecule has 0 saturated carbocycles. The van der Waals surface area contributed by atoms with Crippen molar-refractivity contribution in [2.75, 3.05) is 36.0 Å². The maximum absolute atomic E-state index is 12.7. The van der Waals surface area contributed by atoms with Crippen molar-refractivity contribution >= 4 is 23.1 Å². The fourth-order valence-electron chi connectivity index (χ4n) is 6.97. The molecule has 7 rings (SSSR count). The smallest absolute Gasteiger partial charge is 0.410 e. The topological polar surface area (TPSA) is 93.2 Å². The van der Waals surface area contributed by atoms with E-state index < -0.39 is 5.60 Å². The molecule has 0 aliphatic carbocycles. The molecule has 3 saturated heterocycles. The van der Waals surface area contributed by atoms with Crippen LogP contribution in [0.5, 0.6) is 0 Å². The Morgan fingerprint density at radius 3 is 2.67 bits per heavy atom. The molecule has 10 nitrogen and oxygen atoms in total. The molecule has 7 heterocycles. The zero-order valence-electron chi connectivity index (χ0n) is 22.9. The monoisotopic (exact) mass is 526 g/mol. The van der Waals surface area contributed by atoms with Gasteiger partial charge in [0, 0.05) is 38.8 Å². The van der Waals surface area contributed by atoms with Crippen molar-refractivity contribution in [1.29, 1.82) is 5.26 Å². The van der Waals surface area contributed by atoms with Crippen molar-refractivity contribution in [2.24, 2.45) is 0 Å². The largest absolute Gasteiger partial charge is 0.444 e. The van der Waals surface area contributed by atoms with Crippen molar-refractivity contribution < 1.29 is 9.53 Å². The molecule has 0 radical (unpaired) electrons. The predicted molar refractivity (Wildman–Crippen MR) is 147 cm³/mol. The van der Waals surface area contributed by atoms with Crippen LogP contribution in [0.3, 0.4) is 0 Å². The third-order valence-corrected chi connectivity index (χ3v) is 8.68. The lowest BCUT2D eigenvalue weighted by Crippen LogP contribution is -2.51. The van der Waals surface area contributed by atoms with Gasteiger partial charge in [-0.25, -0.2) is 14.3 Å². The Hall–Kier alpha value is -3.84. The average Bonchev–Trinajstić information content (AvgIpc) is 3.69. The second-order valence-electron chi connectivity index (χ2n) is 12.3. The fraction of sp³-hybridized carbons (Fsp3) is 0.517. The van der Waals surface area contributed by atoms with Crippen LogP contribution < -0.4 is 9.80 Å². The van der Waals surface area contributed by atoms with Crippen molar-refractivity contribution in [1.82, 2.24) is 24.4 Å². The van der Waals surface area contributed by atoms with E-state index in [-0.39, 0.29) is 24.2 Å².